The summed E-state index contributed by atoms with van der Waals surface area (Å²) >= 11 is 11.4. The van der Waals surface area contributed by atoms with E-state index in [9.17, 15) is 9.59 Å². The number of benzene rings is 3. The van der Waals surface area contributed by atoms with E-state index in [4.69, 9.17) is 11.6 Å². The molecular weight excluding hydrogens is 656 g/mol. The molecule has 0 aliphatic carbocycles. The van der Waals surface area contributed by atoms with Crippen molar-refractivity contribution >= 4 is 62.0 Å². The van der Waals surface area contributed by atoms with E-state index >= 15 is 0 Å². The summed E-state index contributed by atoms with van der Waals surface area (Å²) in [6.45, 7) is 12.3. The summed E-state index contributed by atoms with van der Waals surface area (Å²) in [6.07, 6.45) is 2.02. The van der Waals surface area contributed by atoms with Crippen LogP contribution in [0.3, 0.4) is 0 Å². The minimum atomic E-state index is -1.11. The molecule has 3 aromatic carbocycles. The van der Waals surface area contributed by atoms with Crippen LogP contribution in [0, 0.1) is 6.92 Å². The van der Waals surface area contributed by atoms with Crippen LogP contribution in [0.1, 0.15) is 56.8 Å². The first kappa shape index (κ1) is 32.6. The number of hydrogen-bond acceptors (Lipinski definition) is 4. The third-order valence-corrected chi connectivity index (χ3v) is 10.6. The van der Waals surface area contributed by atoms with Crippen molar-refractivity contribution < 1.29 is 9.59 Å². The van der Waals surface area contributed by atoms with Crippen LogP contribution >= 0.6 is 39.3 Å². The van der Waals surface area contributed by atoms with Gasteiger partial charge in [0, 0.05) is 68.8 Å². The van der Waals surface area contributed by atoms with Crippen molar-refractivity contribution in [2.75, 3.05) is 13.1 Å². The van der Waals surface area contributed by atoms with E-state index in [1.807, 2.05) is 72.6 Å². The topological polar surface area (TPSA) is 68.4 Å². The molecule has 1 aliphatic rings. The van der Waals surface area contributed by atoms with E-state index in [0.717, 1.165) is 43.5 Å². The first-order chi connectivity index (χ1) is 21.0. The van der Waals surface area contributed by atoms with Crippen LogP contribution in [0.4, 0.5) is 0 Å². The SMILES string of the molecule is Cc1ccc(SC2(C(=O)NCCN(C(C)C)C(C)C)CC(=O)N(Cc3ccc(Br)cc3)C2c2c[nH]c3cc(Cl)ccc23)cc1. The van der Waals surface area contributed by atoms with Gasteiger partial charge in [0.2, 0.25) is 11.8 Å². The van der Waals surface area contributed by atoms with Crippen molar-refractivity contribution in [3.05, 3.63) is 99.1 Å². The Morgan fingerprint density at radius 1 is 1.09 bits per heavy atom. The lowest BCUT2D eigenvalue weighted by Gasteiger charge is -2.37. The molecule has 2 unspecified atom stereocenters. The molecule has 0 radical (unpaired) electrons. The number of H-pyrrole nitrogens is 1. The Bertz CT molecular complexity index is 1610. The molecule has 2 N–H and O–H groups in total. The summed E-state index contributed by atoms with van der Waals surface area (Å²) < 4.78 is -0.142. The Morgan fingerprint density at radius 3 is 2.43 bits per heavy atom. The van der Waals surface area contributed by atoms with E-state index in [1.54, 1.807) is 0 Å². The number of rotatable bonds is 11. The number of carbonyl (C=O) groups excluding carboxylic acids is 2. The Morgan fingerprint density at radius 2 is 1.77 bits per heavy atom. The fourth-order valence-electron chi connectivity index (χ4n) is 6.27. The summed E-state index contributed by atoms with van der Waals surface area (Å²) in [4.78, 5) is 37.4. The molecule has 0 spiro atoms. The maximum atomic E-state index is 14.7. The highest BCUT2D eigenvalue weighted by Crippen LogP contribution is 2.54. The third kappa shape index (κ3) is 6.89. The molecule has 1 fully saturated rings. The van der Waals surface area contributed by atoms with Crippen molar-refractivity contribution in [1.29, 1.82) is 0 Å². The predicted octanol–water partition coefficient (Wildman–Crippen LogP) is 8.13. The quantitative estimate of drug-likeness (QED) is 0.166. The summed E-state index contributed by atoms with van der Waals surface area (Å²) in [5, 5.41) is 4.85. The van der Waals surface area contributed by atoms with E-state index in [1.165, 1.54) is 11.8 Å². The monoisotopic (exact) mass is 694 g/mol. The minimum Gasteiger partial charge on any atom is -0.361 e. The lowest BCUT2D eigenvalue weighted by atomic mass is 9.91. The summed E-state index contributed by atoms with van der Waals surface area (Å²) in [5.41, 5.74) is 3.91. The van der Waals surface area contributed by atoms with Crippen LogP contribution in [0.25, 0.3) is 10.9 Å². The number of fused-ring (bicyclic) bond motifs is 1. The third-order valence-electron chi connectivity index (χ3n) is 8.41. The van der Waals surface area contributed by atoms with Gasteiger partial charge in [-0.15, -0.1) is 11.8 Å². The molecule has 44 heavy (non-hydrogen) atoms. The molecule has 0 saturated carbocycles. The minimum absolute atomic E-state index is 0.0537. The Labute approximate surface area is 278 Å². The molecule has 2 heterocycles. The molecule has 1 aliphatic heterocycles. The van der Waals surface area contributed by atoms with Crippen LogP contribution in [0.15, 0.2) is 82.3 Å². The van der Waals surface area contributed by atoms with E-state index in [2.05, 4.69) is 71.0 Å². The van der Waals surface area contributed by atoms with Gasteiger partial charge in [0.05, 0.1) is 12.5 Å². The number of nitrogens with zero attached hydrogens (tertiary/aromatic N) is 2. The fourth-order valence-corrected chi connectivity index (χ4v) is 8.13. The normalized spacial score (nSPS) is 18.7. The number of hydrogen-bond donors (Lipinski definition) is 2. The van der Waals surface area contributed by atoms with Crippen LogP contribution < -0.4 is 5.32 Å². The summed E-state index contributed by atoms with van der Waals surface area (Å²) in [5.74, 6) is -0.183. The fraction of sp³-hybridized carbons (Fsp3) is 0.371. The van der Waals surface area contributed by atoms with Gasteiger partial charge in [-0.05, 0) is 76.6 Å². The lowest BCUT2D eigenvalue weighted by molar-refractivity contribution is -0.129. The number of aromatic nitrogens is 1. The lowest BCUT2D eigenvalue weighted by Crippen LogP contribution is -2.50. The van der Waals surface area contributed by atoms with Gasteiger partial charge < -0.3 is 15.2 Å². The maximum absolute atomic E-state index is 14.7. The Hall–Kier alpha value is -2.78. The molecule has 5 rings (SSSR count). The van der Waals surface area contributed by atoms with Crippen molar-refractivity contribution in [1.82, 2.24) is 20.1 Å². The highest BCUT2D eigenvalue weighted by molar-refractivity contribution is 9.10. The van der Waals surface area contributed by atoms with Gasteiger partial charge >= 0.3 is 0 Å². The highest BCUT2D eigenvalue weighted by atomic mass is 79.9. The first-order valence-electron chi connectivity index (χ1n) is 15.1. The van der Waals surface area contributed by atoms with Crippen LogP contribution in [-0.2, 0) is 16.1 Å². The second-order valence-electron chi connectivity index (χ2n) is 12.1. The number of likely N-dealkylation sites (tertiary alicyclic amines) is 1. The van der Waals surface area contributed by atoms with Crippen LogP contribution in [0.5, 0.6) is 0 Å². The van der Waals surface area contributed by atoms with Gasteiger partial charge in [0.1, 0.15) is 4.75 Å². The highest BCUT2D eigenvalue weighted by Gasteiger charge is 2.58. The largest absolute Gasteiger partial charge is 0.361 e. The standard InChI is InChI=1S/C35H40BrClN4O2S/c1-22(2)40(23(3)4)17-16-38-34(43)35(44-28-13-6-24(5)7-14-28)19-32(42)41(21-25-8-10-26(36)11-9-25)33(35)30-20-39-31-18-27(37)12-15-29(30)31/h6-15,18,20,22-23,33,39H,16-17,19,21H2,1-5H3,(H,38,43). The first-order valence-corrected chi connectivity index (χ1v) is 17.1. The second-order valence-corrected chi connectivity index (χ2v) is 14.9. The number of nitrogens with one attached hydrogen (secondary N) is 2. The zero-order valence-corrected chi connectivity index (χ0v) is 29.0. The van der Waals surface area contributed by atoms with Gasteiger partial charge in [-0.1, -0.05) is 63.4 Å². The molecular formula is C35H40BrClN4O2S. The molecule has 6 nitrogen and oxygen atoms in total. The Kier molecular flexibility index (Phi) is 10.1. The van der Waals surface area contributed by atoms with Crippen molar-refractivity contribution in [2.24, 2.45) is 0 Å². The number of carbonyl (C=O) groups is 2. The van der Waals surface area contributed by atoms with Crippen molar-refractivity contribution in [3.63, 3.8) is 0 Å². The molecule has 1 saturated heterocycles. The van der Waals surface area contributed by atoms with Gasteiger partial charge in [-0.3, -0.25) is 14.5 Å². The van der Waals surface area contributed by atoms with E-state index in [0.29, 0.717) is 30.2 Å². The number of thioether (sulfide) groups is 1. The number of aryl methyl sites for hydroxylation is 1. The van der Waals surface area contributed by atoms with Crippen LogP contribution in [0.2, 0.25) is 5.02 Å². The zero-order valence-electron chi connectivity index (χ0n) is 25.9. The predicted molar refractivity (Wildman–Crippen MR) is 185 cm³/mol. The van der Waals surface area contributed by atoms with E-state index in [-0.39, 0.29) is 18.2 Å². The molecule has 2 atom stereocenters. The maximum Gasteiger partial charge on any atom is 0.239 e. The van der Waals surface area contributed by atoms with Gasteiger partial charge in [-0.25, -0.2) is 0 Å². The van der Waals surface area contributed by atoms with E-state index < -0.39 is 10.8 Å². The smallest absolute Gasteiger partial charge is 0.239 e. The second kappa shape index (κ2) is 13.7. The molecule has 2 amide bonds. The average Bonchev–Trinajstić information content (AvgIpc) is 3.50. The Balaban J connectivity index is 1.61. The zero-order chi connectivity index (χ0) is 31.6. The summed E-state index contributed by atoms with van der Waals surface area (Å²) in [6, 6.07) is 22.1. The summed E-state index contributed by atoms with van der Waals surface area (Å²) in [7, 11) is 0. The molecule has 4 aromatic rings. The number of halogens is 2. The van der Waals surface area contributed by atoms with Gasteiger partial charge in [0.25, 0.3) is 0 Å². The average molecular weight is 696 g/mol. The molecule has 1 aromatic heterocycles. The number of amides is 2. The van der Waals surface area contributed by atoms with Crippen molar-refractivity contribution in [2.45, 2.75) is 75.4 Å². The van der Waals surface area contributed by atoms with Gasteiger partial charge in [0.15, 0.2) is 0 Å². The molecule has 9 heteroatoms. The number of aromatic amines is 1. The van der Waals surface area contributed by atoms with Crippen molar-refractivity contribution in [3.8, 4) is 0 Å². The molecule has 0 bridgehead atoms. The van der Waals surface area contributed by atoms with Gasteiger partial charge in [-0.2, -0.15) is 0 Å². The molecule has 232 valence electrons. The van der Waals surface area contributed by atoms with Crippen LogP contribution in [-0.4, -0.2) is 56.5 Å².